The summed E-state index contributed by atoms with van der Waals surface area (Å²) in [4.78, 5) is 15.9. The number of nitrogens with zero attached hydrogens (tertiary/aromatic N) is 1. The molecule has 0 aliphatic carbocycles. The number of hydrogen-bond acceptors (Lipinski definition) is 5. The maximum atomic E-state index is 11.9. The zero-order valence-electron chi connectivity index (χ0n) is 12.7. The van der Waals surface area contributed by atoms with E-state index in [1.807, 2.05) is 0 Å². The number of nitrogens with one attached hydrogen (secondary N) is 3. The van der Waals surface area contributed by atoms with E-state index in [0.29, 0.717) is 15.6 Å². The van der Waals surface area contributed by atoms with Crippen LogP contribution in [0.5, 0.6) is 0 Å². The number of rotatable bonds is 4. The molecule has 1 heterocycles. The zero-order chi connectivity index (χ0) is 17.7. The lowest BCUT2D eigenvalue weighted by Gasteiger charge is -2.10. The minimum absolute atomic E-state index is 0.101. The number of urea groups is 1. The Morgan fingerprint density at radius 1 is 1.33 bits per heavy atom. The molecule has 0 spiro atoms. The second kappa shape index (κ2) is 7.85. The van der Waals surface area contributed by atoms with Crippen molar-refractivity contribution in [2.45, 2.75) is 6.54 Å². The number of aromatic nitrogens is 1. The number of pyridine rings is 1. The van der Waals surface area contributed by atoms with Crippen LogP contribution in [0, 0.1) is 5.41 Å². The van der Waals surface area contributed by atoms with Crippen LogP contribution < -0.4 is 16.4 Å². The Hall–Kier alpha value is -2.51. The van der Waals surface area contributed by atoms with Crippen molar-refractivity contribution in [3.8, 4) is 0 Å². The summed E-state index contributed by atoms with van der Waals surface area (Å²) in [5.41, 5.74) is 7.23. The molecule has 0 aliphatic heterocycles. The average molecular weight is 368 g/mol. The van der Waals surface area contributed by atoms with E-state index in [4.69, 9.17) is 39.1 Å². The van der Waals surface area contributed by atoms with E-state index in [1.165, 1.54) is 19.4 Å². The van der Waals surface area contributed by atoms with Crippen molar-refractivity contribution in [1.29, 1.82) is 5.41 Å². The van der Waals surface area contributed by atoms with Crippen molar-refractivity contribution in [1.82, 2.24) is 10.3 Å². The molecule has 0 radical (unpaired) electrons. The summed E-state index contributed by atoms with van der Waals surface area (Å²) in [5, 5.41) is 13.6. The van der Waals surface area contributed by atoms with E-state index in [9.17, 15) is 4.79 Å². The van der Waals surface area contributed by atoms with E-state index in [2.05, 4.69) is 15.6 Å². The number of amides is 2. The second-order valence-electron chi connectivity index (χ2n) is 4.75. The number of hydrogen-bond donors (Lipinski definition) is 4. The molecule has 0 atom stereocenters. The van der Waals surface area contributed by atoms with Gasteiger partial charge in [-0.25, -0.2) is 9.78 Å². The van der Waals surface area contributed by atoms with E-state index >= 15 is 0 Å². The minimum atomic E-state index is -0.456. The molecule has 2 aromatic rings. The van der Waals surface area contributed by atoms with Crippen LogP contribution in [0.1, 0.15) is 11.1 Å². The first kappa shape index (κ1) is 17.8. The SMILES string of the molecule is COC(=N)c1cnc(NC(=O)NCc2ccc(Cl)c(Cl)c2)cc1N. The molecule has 5 N–H and O–H groups in total. The van der Waals surface area contributed by atoms with Gasteiger partial charge in [-0.3, -0.25) is 10.7 Å². The maximum Gasteiger partial charge on any atom is 0.320 e. The highest BCUT2D eigenvalue weighted by atomic mass is 35.5. The molecule has 0 saturated carbocycles. The third kappa shape index (κ3) is 4.50. The molecule has 0 unspecified atom stereocenters. The van der Waals surface area contributed by atoms with E-state index in [-0.39, 0.29) is 23.9 Å². The molecule has 0 fully saturated rings. The highest BCUT2D eigenvalue weighted by molar-refractivity contribution is 6.42. The third-order valence-corrected chi connectivity index (χ3v) is 3.80. The van der Waals surface area contributed by atoms with Gasteiger partial charge in [0.25, 0.3) is 0 Å². The van der Waals surface area contributed by atoms with Gasteiger partial charge in [0.15, 0.2) is 0 Å². The summed E-state index contributed by atoms with van der Waals surface area (Å²) in [6, 6.07) is 6.08. The van der Waals surface area contributed by atoms with Crippen LogP contribution >= 0.6 is 23.2 Å². The van der Waals surface area contributed by atoms with E-state index in [1.54, 1.807) is 18.2 Å². The van der Waals surface area contributed by atoms with Gasteiger partial charge >= 0.3 is 6.03 Å². The van der Waals surface area contributed by atoms with Crippen molar-refractivity contribution in [2.75, 3.05) is 18.2 Å². The number of benzene rings is 1. The summed E-state index contributed by atoms with van der Waals surface area (Å²) in [6.07, 6.45) is 1.36. The van der Waals surface area contributed by atoms with Crippen LogP contribution in [0.15, 0.2) is 30.5 Å². The summed E-state index contributed by atoms with van der Waals surface area (Å²) in [6.45, 7) is 0.268. The first-order valence-electron chi connectivity index (χ1n) is 6.78. The van der Waals surface area contributed by atoms with Crippen LogP contribution in [-0.2, 0) is 11.3 Å². The predicted octanol–water partition coefficient (Wildman–Crippen LogP) is 3.26. The molecule has 1 aromatic carbocycles. The van der Waals surface area contributed by atoms with Crippen molar-refractivity contribution >= 4 is 46.6 Å². The predicted molar refractivity (Wildman–Crippen MR) is 94.8 cm³/mol. The highest BCUT2D eigenvalue weighted by Crippen LogP contribution is 2.22. The van der Waals surface area contributed by atoms with Crippen molar-refractivity contribution in [2.24, 2.45) is 0 Å². The normalized spacial score (nSPS) is 10.1. The Balaban J connectivity index is 1.96. The zero-order valence-corrected chi connectivity index (χ0v) is 14.2. The van der Waals surface area contributed by atoms with E-state index in [0.717, 1.165) is 5.56 Å². The van der Waals surface area contributed by atoms with Crippen LogP contribution in [-0.4, -0.2) is 24.0 Å². The molecule has 24 heavy (non-hydrogen) atoms. The number of anilines is 2. The maximum absolute atomic E-state index is 11.9. The number of nitrogen functional groups attached to an aromatic ring is 1. The molecule has 126 valence electrons. The minimum Gasteiger partial charge on any atom is -0.481 e. The molecule has 2 rings (SSSR count). The van der Waals surface area contributed by atoms with Gasteiger partial charge in [0.1, 0.15) is 5.82 Å². The molecule has 2 amide bonds. The molecule has 9 heteroatoms. The molecular weight excluding hydrogens is 353 g/mol. The fourth-order valence-corrected chi connectivity index (χ4v) is 2.15. The lowest BCUT2D eigenvalue weighted by Crippen LogP contribution is -2.28. The Morgan fingerprint density at radius 2 is 2.08 bits per heavy atom. The van der Waals surface area contributed by atoms with Gasteiger partial charge < -0.3 is 15.8 Å². The summed E-state index contributed by atoms with van der Waals surface area (Å²) >= 11 is 11.8. The van der Waals surface area contributed by atoms with Gasteiger partial charge in [-0.05, 0) is 17.7 Å². The van der Waals surface area contributed by atoms with Gasteiger partial charge in [0.05, 0.1) is 22.7 Å². The van der Waals surface area contributed by atoms with Crippen LogP contribution in [0.25, 0.3) is 0 Å². The van der Waals surface area contributed by atoms with E-state index < -0.39 is 6.03 Å². The van der Waals surface area contributed by atoms with Crippen molar-refractivity contribution < 1.29 is 9.53 Å². The monoisotopic (exact) mass is 367 g/mol. The fraction of sp³-hybridized carbons (Fsp3) is 0.133. The Labute approximate surface area is 148 Å². The van der Waals surface area contributed by atoms with Crippen molar-refractivity contribution in [3.63, 3.8) is 0 Å². The molecule has 0 bridgehead atoms. The summed E-state index contributed by atoms with van der Waals surface area (Å²) in [7, 11) is 1.37. The number of halogens is 2. The Bertz CT molecular complexity index is 782. The first-order chi connectivity index (χ1) is 11.4. The van der Waals surface area contributed by atoms with Gasteiger partial charge in [-0.15, -0.1) is 0 Å². The first-order valence-corrected chi connectivity index (χ1v) is 7.53. The fourth-order valence-electron chi connectivity index (χ4n) is 1.83. The number of carbonyl (C=O) groups excluding carboxylic acids is 1. The molecule has 1 aromatic heterocycles. The van der Waals surface area contributed by atoms with Crippen molar-refractivity contribution in [3.05, 3.63) is 51.6 Å². The standard InChI is InChI=1S/C15H15Cl2N5O2/c1-24-14(19)9-7-20-13(5-12(9)18)22-15(23)21-6-8-2-3-10(16)11(17)4-8/h2-5,7,19H,6H2,1H3,(H4,18,20,21,22,23). The van der Waals surface area contributed by atoms with Gasteiger partial charge in [0.2, 0.25) is 5.90 Å². The van der Waals surface area contributed by atoms with Gasteiger partial charge in [-0.2, -0.15) is 0 Å². The average Bonchev–Trinajstić information content (AvgIpc) is 2.55. The molecule has 7 nitrogen and oxygen atoms in total. The smallest absolute Gasteiger partial charge is 0.320 e. The second-order valence-corrected chi connectivity index (χ2v) is 5.56. The largest absolute Gasteiger partial charge is 0.481 e. The Morgan fingerprint density at radius 3 is 2.71 bits per heavy atom. The number of ether oxygens (including phenoxy) is 1. The van der Waals surface area contributed by atoms with Gasteiger partial charge in [-0.1, -0.05) is 29.3 Å². The molecule has 0 saturated heterocycles. The topological polar surface area (TPSA) is 113 Å². The number of methoxy groups -OCH3 is 1. The summed E-state index contributed by atoms with van der Waals surface area (Å²) < 4.78 is 4.79. The summed E-state index contributed by atoms with van der Waals surface area (Å²) in [5.74, 6) is 0.155. The quantitative estimate of drug-likeness (QED) is 0.490. The molecule has 0 aliphatic rings. The Kier molecular flexibility index (Phi) is 5.83. The lowest BCUT2D eigenvalue weighted by molar-refractivity contribution is 0.251. The molecular formula is C15H15Cl2N5O2. The van der Waals surface area contributed by atoms with Crippen LogP contribution in [0.3, 0.4) is 0 Å². The third-order valence-electron chi connectivity index (χ3n) is 3.06. The van der Waals surface area contributed by atoms with Crippen LogP contribution in [0.4, 0.5) is 16.3 Å². The van der Waals surface area contributed by atoms with Gasteiger partial charge in [0, 0.05) is 24.5 Å². The highest BCUT2D eigenvalue weighted by Gasteiger charge is 2.10. The lowest BCUT2D eigenvalue weighted by atomic mass is 10.2. The van der Waals surface area contributed by atoms with Crippen LogP contribution in [0.2, 0.25) is 10.0 Å². The number of carbonyl (C=O) groups is 1. The number of nitrogens with two attached hydrogens (primary N) is 1.